The van der Waals surface area contributed by atoms with Gasteiger partial charge in [-0.1, -0.05) is 35.9 Å². The van der Waals surface area contributed by atoms with Crippen molar-refractivity contribution in [2.75, 3.05) is 12.4 Å². The highest BCUT2D eigenvalue weighted by atomic mass is 35.5. The first-order chi connectivity index (χ1) is 9.65. The summed E-state index contributed by atoms with van der Waals surface area (Å²) in [5, 5.41) is 13.1. The number of nitrogens with zero attached hydrogens (tertiary/aromatic N) is 1. The monoisotopic (exact) mass is 286 g/mol. The number of benzene rings is 2. The van der Waals surface area contributed by atoms with Gasteiger partial charge in [0.2, 0.25) is 0 Å². The second-order valence-electron chi connectivity index (χ2n) is 4.42. The first-order valence-corrected chi connectivity index (χ1v) is 6.58. The predicted octanol–water partition coefficient (Wildman–Crippen LogP) is 4.33. The Balaban J connectivity index is 2.27. The molecule has 0 saturated heterocycles. The number of ether oxygens (including phenoxy) is 1. The van der Waals surface area contributed by atoms with Crippen molar-refractivity contribution < 1.29 is 4.74 Å². The maximum Gasteiger partial charge on any atom is 0.140 e. The van der Waals surface area contributed by atoms with Gasteiger partial charge < -0.3 is 10.1 Å². The molecular weight excluding hydrogens is 272 g/mol. The summed E-state index contributed by atoms with van der Waals surface area (Å²) < 4.78 is 5.12. The van der Waals surface area contributed by atoms with Crippen molar-refractivity contribution in [1.82, 2.24) is 0 Å². The lowest BCUT2D eigenvalue weighted by Crippen LogP contribution is -2.09. The lowest BCUT2D eigenvalue weighted by molar-refractivity contribution is 0.415. The van der Waals surface area contributed by atoms with Gasteiger partial charge in [0.1, 0.15) is 11.8 Å². The maximum absolute atomic E-state index is 9.36. The molecule has 3 nitrogen and oxygen atoms in total. The third kappa shape index (κ3) is 3.04. The Bertz CT molecular complexity index is 649. The summed E-state index contributed by atoms with van der Waals surface area (Å²) in [4.78, 5) is 0. The molecule has 1 atom stereocenters. The smallest absolute Gasteiger partial charge is 0.140 e. The maximum atomic E-state index is 9.36. The molecule has 2 rings (SSSR count). The molecule has 0 aromatic heterocycles. The van der Waals surface area contributed by atoms with Gasteiger partial charge in [0, 0.05) is 5.69 Å². The Morgan fingerprint density at radius 1 is 1.25 bits per heavy atom. The average molecular weight is 287 g/mol. The highest BCUT2D eigenvalue weighted by Crippen LogP contribution is 2.29. The van der Waals surface area contributed by atoms with E-state index in [1.54, 1.807) is 19.2 Å². The predicted molar refractivity (Wildman–Crippen MR) is 81.2 cm³/mol. The first kappa shape index (κ1) is 14.2. The van der Waals surface area contributed by atoms with Crippen LogP contribution in [0.15, 0.2) is 42.5 Å². The fourth-order valence-electron chi connectivity index (χ4n) is 1.94. The lowest BCUT2D eigenvalue weighted by atomic mass is 10.1. The van der Waals surface area contributed by atoms with Crippen molar-refractivity contribution in [3.8, 4) is 11.8 Å². The van der Waals surface area contributed by atoms with Crippen LogP contribution in [0.2, 0.25) is 5.02 Å². The molecule has 0 aliphatic heterocycles. The van der Waals surface area contributed by atoms with Crippen molar-refractivity contribution >= 4 is 17.3 Å². The Hall–Kier alpha value is -2.18. The fraction of sp³-hybridized carbons (Fsp3) is 0.188. The molecule has 1 N–H and O–H groups in total. The van der Waals surface area contributed by atoms with Gasteiger partial charge in [0.15, 0.2) is 0 Å². The summed E-state index contributed by atoms with van der Waals surface area (Å²) in [6.07, 6.45) is 0. The van der Waals surface area contributed by atoms with Crippen LogP contribution in [0.1, 0.15) is 17.2 Å². The largest absolute Gasteiger partial charge is 0.495 e. The second-order valence-corrected chi connectivity index (χ2v) is 4.82. The van der Waals surface area contributed by atoms with Crippen LogP contribution in [0.4, 0.5) is 5.69 Å². The Morgan fingerprint density at radius 2 is 2.00 bits per heavy atom. The minimum absolute atomic E-state index is 0.459. The van der Waals surface area contributed by atoms with Gasteiger partial charge in [-0.05, 0) is 36.2 Å². The summed E-state index contributed by atoms with van der Waals surface area (Å²) in [6.45, 7) is 2.00. The van der Waals surface area contributed by atoms with Crippen molar-refractivity contribution in [2.45, 2.75) is 13.0 Å². The van der Waals surface area contributed by atoms with Crippen molar-refractivity contribution in [2.24, 2.45) is 0 Å². The molecule has 0 bridgehead atoms. The van der Waals surface area contributed by atoms with Crippen LogP contribution in [0, 0.1) is 18.3 Å². The second kappa shape index (κ2) is 6.31. The van der Waals surface area contributed by atoms with E-state index in [1.807, 2.05) is 37.3 Å². The minimum atomic E-state index is -0.459. The van der Waals surface area contributed by atoms with Crippen LogP contribution in [0.5, 0.6) is 5.75 Å². The molecule has 20 heavy (non-hydrogen) atoms. The highest BCUT2D eigenvalue weighted by molar-refractivity contribution is 6.32. The van der Waals surface area contributed by atoms with E-state index in [0.29, 0.717) is 10.8 Å². The van der Waals surface area contributed by atoms with Crippen LogP contribution in [0.3, 0.4) is 0 Å². The van der Waals surface area contributed by atoms with Gasteiger partial charge in [-0.15, -0.1) is 0 Å². The van der Waals surface area contributed by atoms with Gasteiger partial charge in [-0.2, -0.15) is 5.26 Å². The third-order valence-electron chi connectivity index (χ3n) is 3.08. The van der Waals surface area contributed by atoms with Gasteiger partial charge >= 0.3 is 0 Å². The molecule has 0 fully saturated rings. The number of methoxy groups -OCH3 is 1. The van der Waals surface area contributed by atoms with Crippen LogP contribution in [-0.2, 0) is 0 Å². The molecule has 0 aliphatic carbocycles. The van der Waals surface area contributed by atoms with E-state index in [1.165, 1.54) is 0 Å². The normalized spacial score (nSPS) is 11.5. The third-order valence-corrected chi connectivity index (χ3v) is 3.38. The van der Waals surface area contributed by atoms with E-state index >= 15 is 0 Å². The van der Waals surface area contributed by atoms with Crippen LogP contribution < -0.4 is 10.1 Å². The number of nitriles is 1. The molecule has 0 aliphatic rings. The van der Waals surface area contributed by atoms with E-state index in [4.69, 9.17) is 16.3 Å². The molecule has 2 aromatic rings. The zero-order valence-electron chi connectivity index (χ0n) is 11.4. The fourth-order valence-corrected chi connectivity index (χ4v) is 2.21. The SMILES string of the molecule is COc1ccc(C(C#N)Nc2ccccc2C)cc1Cl. The summed E-state index contributed by atoms with van der Waals surface area (Å²) in [5.41, 5.74) is 2.83. The number of nitrogens with one attached hydrogen (secondary N) is 1. The Labute approximate surface area is 123 Å². The number of hydrogen-bond donors (Lipinski definition) is 1. The molecule has 102 valence electrons. The molecule has 0 saturated carbocycles. The average Bonchev–Trinajstić information content (AvgIpc) is 2.46. The standard InChI is InChI=1S/C16H15ClN2O/c1-11-5-3-4-6-14(11)19-15(10-18)12-7-8-16(20-2)13(17)9-12/h3-9,15,19H,1-2H3. The van der Waals surface area contributed by atoms with Crippen LogP contribution in [-0.4, -0.2) is 7.11 Å². The topological polar surface area (TPSA) is 45.0 Å². The summed E-state index contributed by atoms with van der Waals surface area (Å²) in [7, 11) is 1.56. The molecule has 0 amide bonds. The number of rotatable bonds is 4. The molecular formula is C16H15ClN2O. The van der Waals surface area contributed by atoms with Crippen molar-refractivity contribution in [1.29, 1.82) is 5.26 Å². The number of halogens is 1. The van der Waals surface area contributed by atoms with E-state index in [0.717, 1.165) is 16.8 Å². The van der Waals surface area contributed by atoms with E-state index < -0.39 is 6.04 Å². The quantitative estimate of drug-likeness (QED) is 0.909. The molecule has 1 unspecified atom stereocenters. The van der Waals surface area contributed by atoms with Crippen LogP contribution in [0.25, 0.3) is 0 Å². The number of aryl methyl sites for hydroxylation is 1. The number of para-hydroxylation sites is 1. The molecule has 0 spiro atoms. The van der Waals surface area contributed by atoms with Crippen molar-refractivity contribution in [3.63, 3.8) is 0 Å². The molecule has 4 heteroatoms. The highest BCUT2D eigenvalue weighted by Gasteiger charge is 2.13. The number of hydrogen-bond acceptors (Lipinski definition) is 3. The Kier molecular flexibility index (Phi) is 4.49. The van der Waals surface area contributed by atoms with Crippen LogP contribution >= 0.6 is 11.6 Å². The van der Waals surface area contributed by atoms with E-state index in [2.05, 4.69) is 11.4 Å². The molecule has 0 radical (unpaired) electrons. The van der Waals surface area contributed by atoms with Gasteiger partial charge in [0.25, 0.3) is 0 Å². The van der Waals surface area contributed by atoms with Gasteiger partial charge in [0.05, 0.1) is 18.2 Å². The summed E-state index contributed by atoms with van der Waals surface area (Å²) in [6, 6.07) is 15.0. The summed E-state index contributed by atoms with van der Waals surface area (Å²) >= 11 is 6.10. The van der Waals surface area contributed by atoms with E-state index in [-0.39, 0.29) is 0 Å². The van der Waals surface area contributed by atoms with E-state index in [9.17, 15) is 5.26 Å². The molecule has 2 aromatic carbocycles. The zero-order valence-corrected chi connectivity index (χ0v) is 12.1. The van der Waals surface area contributed by atoms with Gasteiger partial charge in [-0.25, -0.2) is 0 Å². The summed E-state index contributed by atoms with van der Waals surface area (Å²) in [5.74, 6) is 0.600. The minimum Gasteiger partial charge on any atom is -0.495 e. The zero-order chi connectivity index (χ0) is 14.5. The molecule has 0 heterocycles. The first-order valence-electron chi connectivity index (χ1n) is 6.21. The Morgan fingerprint density at radius 3 is 2.60 bits per heavy atom. The van der Waals surface area contributed by atoms with Crippen molar-refractivity contribution in [3.05, 3.63) is 58.6 Å². The lowest BCUT2D eigenvalue weighted by Gasteiger charge is -2.16. The number of anilines is 1. The van der Waals surface area contributed by atoms with Gasteiger partial charge in [-0.3, -0.25) is 0 Å².